The lowest BCUT2D eigenvalue weighted by atomic mass is 10.3. The largest absolute Gasteiger partial charge is 0.390 e. The van der Waals surface area contributed by atoms with Gasteiger partial charge in [0.15, 0.2) is 0 Å². The van der Waals surface area contributed by atoms with Crippen LogP contribution in [0.25, 0.3) is 0 Å². The van der Waals surface area contributed by atoms with Crippen molar-refractivity contribution in [2.75, 3.05) is 11.9 Å². The lowest BCUT2D eigenvalue weighted by Gasteiger charge is -2.18. The molecule has 0 saturated heterocycles. The van der Waals surface area contributed by atoms with E-state index in [0.29, 0.717) is 5.69 Å². The Morgan fingerprint density at radius 2 is 2.31 bits per heavy atom. The van der Waals surface area contributed by atoms with Crippen molar-refractivity contribution in [2.24, 2.45) is 0 Å². The smallest absolute Gasteiger partial charge is 0.0853 e. The Morgan fingerprint density at radius 3 is 3.00 bits per heavy atom. The van der Waals surface area contributed by atoms with E-state index in [1.54, 1.807) is 17.5 Å². The topological polar surface area (TPSA) is 36.4 Å². The minimum absolute atomic E-state index is 0.0132. The molecule has 1 N–H and O–H groups in total. The van der Waals surface area contributed by atoms with Gasteiger partial charge in [-0.25, -0.2) is 0 Å². The zero-order valence-corrected chi connectivity index (χ0v) is 9.94. The van der Waals surface area contributed by atoms with Crippen molar-refractivity contribution in [2.45, 2.75) is 13.2 Å². The molecule has 0 radical (unpaired) electrons. The van der Waals surface area contributed by atoms with Gasteiger partial charge < -0.3 is 10.0 Å². The lowest BCUT2D eigenvalue weighted by Crippen LogP contribution is -2.15. The predicted octanol–water partition coefficient (Wildman–Crippen LogP) is 2.27. The molecule has 0 aliphatic heterocycles. The first-order valence-corrected chi connectivity index (χ1v) is 5.97. The monoisotopic (exact) mass is 234 g/mol. The SMILES string of the molecule is CN(Cc1cccs1)c1ccnc(CO)c1. The number of anilines is 1. The number of hydrogen-bond donors (Lipinski definition) is 1. The van der Waals surface area contributed by atoms with Crippen LogP contribution in [0, 0.1) is 0 Å². The van der Waals surface area contributed by atoms with Crippen molar-refractivity contribution in [3.63, 3.8) is 0 Å². The Hall–Kier alpha value is -1.39. The van der Waals surface area contributed by atoms with Crippen molar-refractivity contribution in [1.29, 1.82) is 0 Å². The van der Waals surface area contributed by atoms with Crippen LogP contribution in [0.2, 0.25) is 0 Å². The van der Waals surface area contributed by atoms with E-state index < -0.39 is 0 Å². The maximum Gasteiger partial charge on any atom is 0.0853 e. The van der Waals surface area contributed by atoms with Crippen LogP contribution in [0.15, 0.2) is 35.8 Å². The van der Waals surface area contributed by atoms with Crippen LogP contribution < -0.4 is 4.90 Å². The average molecular weight is 234 g/mol. The minimum atomic E-state index is -0.0132. The number of aliphatic hydroxyl groups excluding tert-OH is 1. The first kappa shape index (κ1) is 11.1. The van der Waals surface area contributed by atoms with E-state index in [1.165, 1.54) is 4.88 Å². The van der Waals surface area contributed by atoms with E-state index in [-0.39, 0.29) is 6.61 Å². The van der Waals surface area contributed by atoms with Crippen LogP contribution in [0.1, 0.15) is 10.6 Å². The Kier molecular flexibility index (Phi) is 3.54. The molecule has 0 amide bonds. The Morgan fingerprint density at radius 1 is 1.44 bits per heavy atom. The van der Waals surface area contributed by atoms with Crippen molar-refractivity contribution in [3.05, 3.63) is 46.4 Å². The van der Waals surface area contributed by atoms with Gasteiger partial charge in [-0.05, 0) is 23.6 Å². The minimum Gasteiger partial charge on any atom is -0.390 e. The zero-order chi connectivity index (χ0) is 11.4. The third kappa shape index (κ3) is 2.59. The standard InChI is InChI=1S/C12H14N2OS/c1-14(8-12-3-2-6-16-12)11-4-5-13-10(7-11)9-15/h2-7,15H,8-9H2,1H3. The summed E-state index contributed by atoms with van der Waals surface area (Å²) in [7, 11) is 2.04. The lowest BCUT2D eigenvalue weighted by molar-refractivity contribution is 0.277. The van der Waals surface area contributed by atoms with Crippen molar-refractivity contribution in [3.8, 4) is 0 Å². The molecule has 2 heterocycles. The summed E-state index contributed by atoms with van der Waals surface area (Å²) in [6.07, 6.45) is 1.73. The van der Waals surface area contributed by atoms with Gasteiger partial charge in [0, 0.05) is 23.8 Å². The molecule has 2 aromatic heterocycles. The Balaban J connectivity index is 2.11. The number of aromatic nitrogens is 1. The van der Waals surface area contributed by atoms with Crippen LogP contribution in [-0.2, 0) is 13.2 Å². The average Bonchev–Trinajstić information content (AvgIpc) is 2.82. The molecule has 0 spiro atoms. The van der Waals surface area contributed by atoms with Gasteiger partial charge in [0.05, 0.1) is 18.8 Å². The van der Waals surface area contributed by atoms with Gasteiger partial charge in [0.2, 0.25) is 0 Å². The third-order valence-corrected chi connectivity index (χ3v) is 3.24. The fraction of sp³-hybridized carbons (Fsp3) is 0.250. The highest BCUT2D eigenvalue weighted by atomic mass is 32.1. The Bertz CT molecular complexity index is 442. The second kappa shape index (κ2) is 5.09. The van der Waals surface area contributed by atoms with E-state index in [9.17, 15) is 0 Å². The molecule has 0 fully saturated rings. The van der Waals surface area contributed by atoms with Crippen LogP contribution >= 0.6 is 11.3 Å². The first-order chi connectivity index (χ1) is 7.79. The van der Waals surface area contributed by atoms with E-state index in [0.717, 1.165) is 12.2 Å². The van der Waals surface area contributed by atoms with Gasteiger partial charge in [0.1, 0.15) is 0 Å². The van der Waals surface area contributed by atoms with E-state index in [4.69, 9.17) is 5.11 Å². The Labute approximate surface area is 99.0 Å². The fourth-order valence-corrected chi connectivity index (χ4v) is 2.27. The number of thiophene rings is 1. The molecule has 4 heteroatoms. The first-order valence-electron chi connectivity index (χ1n) is 5.09. The number of aliphatic hydroxyl groups is 1. The molecule has 0 aliphatic rings. The highest BCUT2D eigenvalue weighted by Gasteiger charge is 2.03. The highest BCUT2D eigenvalue weighted by Crippen LogP contribution is 2.18. The van der Waals surface area contributed by atoms with Gasteiger partial charge in [0.25, 0.3) is 0 Å². The number of pyridine rings is 1. The molecular weight excluding hydrogens is 220 g/mol. The molecule has 84 valence electrons. The molecule has 0 aromatic carbocycles. The molecule has 0 unspecified atom stereocenters. The fourth-order valence-electron chi connectivity index (χ4n) is 1.52. The third-order valence-electron chi connectivity index (χ3n) is 2.38. The molecule has 16 heavy (non-hydrogen) atoms. The highest BCUT2D eigenvalue weighted by molar-refractivity contribution is 7.09. The van der Waals surface area contributed by atoms with Crippen LogP contribution in [-0.4, -0.2) is 17.1 Å². The predicted molar refractivity (Wildman–Crippen MR) is 66.6 cm³/mol. The maximum absolute atomic E-state index is 9.02. The summed E-state index contributed by atoms with van der Waals surface area (Å²) in [6, 6.07) is 8.04. The molecule has 2 aromatic rings. The zero-order valence-electron chi connectivity index (χ0n) is 9.13. The summed E-state index contributed by atoms with van der Waals surface area (Å²) >= 11 is 1.75. The molecule has 3 nitrogen and oxygen atoms in total. The normalized spacial score (nSPS) is 10.4. The summed E-state index contributed by atoms with van der Waals surface area (Å²) < 4.78 is 0. The van der Waals surface area contributed by atoms with E-state index in [2.05, 4.69) is 27.4 Å². The van der Waals surface area contributed by atoms with Crippen molar-refractivity contribution >= 4 is 17.0 Å². The summed E-state index contributed by atoms with van der Waals surface area (Å²) in [4.78, 5) is 7.53. The molecule has 0 saturated carbocycles. The van der Waals surface area contributed by atoms with Crippen LogP contribution in [0.4, 0.5) is 5.69 Å². The summed E-state index contributed by atoms with van der Waals surface area (Å²) in [5, 5.41) is 11.1. The molecule has 0 aliphatic carbocycles. The van der Waals surface area contributed by atoms with Gasteiger partial charge >= 0.3 is 0 Å². The summed E-state index contributed by atoms with van der Waals surface area (Å²) in [5.74, 6) is 0. The van der Waals surface area contributed by atoms with Crippen LogP contribution in [0.3, 0.4) is 0 Å². The van der Waals surface area contributed by atoms with Crippen molar-refractivity contribution in [1.82, 2.24) is 4.98 Å². The van der Waals surface area contributed by atoms with Gasteiger partial charge in [-0.15, -0.1) is 11.3 Å². The van der Waals surface area contributed by atoms with E-state index in [1.807, 2.05) is 19.2 Å². The molecule has 0 atom stereocenters. The van der Waals surface area contributed by atoms with Gasteiger partial charge in [-0.1, -0.05) is 6.07 Å². The molecule has 0 bridgehead atoms. The van der Waals surface area contributed by atoms with Gasteiger partial charge in [-0.3, -0.25) is 4.98 Å². The summed E-state index contributed by atoms with van der Waals surface area (Å²) in [6.45, 7) is 0.868. The second-order valence-electron chi connectivity index (χ2n) is 3.60. The van der Waals surface area contributed by atoms with E-state index >= 15 is 0 Å². The quantitative estimate of drug-likeness (QED) is 0.881. The van der Waals surface area contributed by atoms with Crippen LogP contribution in [0.5, 0.6) is 0 Å². The number of hydrogen-bond acceptors (Lipinski definition) is 4. The second-order valence-corrected chi connectivity index (χ2v) is 4.63. The number of rotatable bonds is 4. The molecular formula is C12H14N2OS. The molecule has 2 rings (SSSR count). The maximum atomic E-state index is 9.02. The van der Waals surface area contributed by atoms with Crippen molar-refractivity contribution < 1.29 is 5.11 Å². The summed E-state index contributed by atoms with van der Waals surface area (Å²) in [5.41, 5.74) is 1.78. The number of nitrogens with zero attached hydrogens (tertiary/aromatic N) is 2. The van der Waals surface area contributed by atoms with Gasteiger partial charge in [-0.2, -0.15) is 0 Å².